The van der Waals surface area contributed by atoms with Crippen LogP contribution in [0.15, 0.2) is 10.0 Å². The topological polar surface area (TPSA) is 100 Å². The molecule has 0 radical (unpaired) electrons. The SMILES string of the molecule is CN(C)c1noc(C2CCCN2CC(=O)Nc2nncs2)n1. The van der Waals surface area contributed by atoms with Gasteiger partial charge in [-0.2, -0.15) is 4.98 Å². The summed E-state index contributed by atoms with van der Waals surface area (Å²) in [7, 11) is 3.72. The Morgan fingerprint density at radius 2 is 2.45 bits per heavy atom. The number of carbonyl (C=O) groups is 1. The van der Waals surface area contributed by atoms with Crippen molar-refractivity contribution in [3.8, 4) is 0 Å². The van der Waals surface area contributed by atoms with E-state index in [9.17, 15) is 4.79 Å². The number of likely N-dealkylation sites (tertiary alicyclic amines) is 1. The van der Waals surface area contributed by atoms with Crippen LogP contribution in [0.25, 0.3) is 0 Å². The molecule has 0 saturated carbocycles. The van der Waals surface area contributed by atoms with E-state index >= 15 is 0 Å². The van der Waals surface area contributed by atoms with Gasteiger partial charge in [-0.25, -0.2) is 0 Å². The predicted octanol–water partition coefficient (Wildman–Crippen LogP) is 0.763. The number of hydrogen-bond acceptors (Lipinski definition) is 9. The third kappa shape index (κ3) is 3.22. The van der Waals surface area contributed by atoms with Crippen LogP contribution in [-0.4, -0.2) is 58.3 Å². The molecule has 2 aromatic rings. The Hall–Kier alpha value is -2.07. The van der Waals surface area contributed by atoms with Crippen molar-refractivity contribution in [3.05, 3.63) is 11.4 Å². The van der Waals surface area contributed by atoms with Gasteiger partial charge in [0.1, 0.15) is 5.51 Å². The van der Waals surface area contributed by atoms with Gasteiger partial charge < -0.3 is 9.42 Å². The van der Waals surface area contributed by atoms with Gasteiger partial charge in [-0.1, -0.05) is 11.3 Å². The van der Waals surface area contributed by atoms with E-state index < -0.39 is 0 Å². The van der Waals surface area contributed by atoms with Gasteiger partial charge in [-0.05, 0) is 24.5 Å². The number of carbonyl (C=O) groups excluding carboxylic acids is 1. The van der Waals surface area contributed by atoms with Gasteiger partial charge in [-0.15, -0.1) is 10.2 Å². The maximum atomic E-state index is 12.1. The maximum Gasteiger partial charge on any atom is 0.265 e. The van der Waals surface area contributed by atoms with E-state index in [2.05, 4.69) is 25.7 Å². The molecule has 3 rings (SSSR count). The van der Waals surface area contributed by atoms with Crippen molar-refractivity contribution in [2.45, 2.75) is 18.9 Å². The van der Waals surface area contributed by atoms with Crippen LogP contribution in [0.5, 0.6) is 0 Å². The molecule has 1 fully saturated rings. The lowest BCUT2D eigenvalue weighted by molar-refractivity contribution is -0.117. The smallest absolute Gasteiger partial charge is 0.265 e. The number of rotatable bonds is 5. The van der Waals surface area contributed by atoms with Crippen LogP contribution in [0.4, 0.5) is 11.1 Å². The minimum absolute atomic E-state index is 0.0126. The first kappa shape index (κ1) is 14.9. The summed E-state index contributed by atoms with van der Waals surface area (Å²) in [6.45, 7) is 1.10. The van der Waals surface area contributed by atoms with Crippen LogP contribution in [0.2, 0.25) is 0 Å². The Kier molecular flexibility index (Phi) is 4.29. The van der Waals surface area contributed by atoms with E-state index in [1.165, 1.54) is 11.3 Å². The van der Waals surface area contributed by atoms with Crippen LogP contribution in [-0.2, 0) is 4.79 Å². The number of aromatic nitrogens is 4. The normalized spacial score (nSPS) is 18.5. The number of nitrogens with one attached hydrogen (secondary N) is 1. The second kappa shape index (κ2) is 6.36. The van der Waals surface area contributed by atoms with Crippen molar-refractivity contribution >= 4 is 28.3 Å². The number of anilines is 2. The van der Waals surface area contributed by atoms with Crippen molar-refractivity contribution in [2.24, 2.45) is 0 Å². The Balaban J connectivity index is 1.63. The van der Waals surface area contributed by atoms with Crippen LogP contribution in [0.3, 0.4) is 0 Å². The summed E-state index contributed by atoms with van der Waals surface area (Å²) in [6, 6.07) is -0.0126. The van der Waals surface area contributed by atoms with Crippen molar-refractivity contribution < 1.29 is 9.32 Å². The standard InChI is InChI=1S/C12H17N7O2S/c1-18(2)11-15-10(21-17-11)8-4-3-5-19(8)6-9(20)14-12-16-13-7-22-12/h7-8H,3-6H2,1-2H3,(H,14,16,20). The molecule has 0 spiro atoms. The first-order valence-electron chi connectivity index (χ1n) is 6.94. The molecule has 1 aliphatic heterocycles. The lowest BCUT2D eigenvalue weighted by Crippen LogP contribution is -2.33. The fourth-order valence-electron chi connectivity index (χ4n) is 2.41. The second-order valence-electron chi connectivity index (χ2n) is 5.25. The van der Waals surface area contributed by atoms with Crippen LogP contribution >= 0.6 is 11.3 Å². The number of hydrogen-bond donors (Lipinski definition) is 1. The van der Waals surface area contributed by atoms with E-state index in [4.69, 9.17) is 4.52 Å². The quantitative estimate of drug-likeness (QED) is 0.861. The molecule has 1 N–H and O–H groups in total. The highest BCUT2D eigenvalue weighted by Gasteiger charge is 2.32. The van der Waals surface area contributed by atoms with Gasteiger partial charge in [0, 0.05) is 14.1 Å². The molecular formula is C12H17N7O2S. The first-order chi connectivity index (χ1) is 10.6. The molecule has 118 valence electrons. The van der Waals surface area contributed by atoms with Gasteiger partial charge in [-0.3, -0.25) is 15.0 Å². The average molecular weight is 323 g/mol. The predicted molar refractivity (Wildman–Crippen MR) is 80.7 cm³/mol. The van der Waals surface area contributed by atoms with Crippen LogP contribution in [0, 0.1) is 0 Å². The fourth-order valence-corrected chi connectivity index (χ4v) is 2.87. The Morgan fingerprint density at radius 1 is 1.59 bits per heavy atom. The summed E-state index contributed by atoms with van der Waals surface area (Å²) in [5.41, 5.74) is 1.58. The molecule has 0 bridgehead atoms. The summed E-state index contributed by atoms with van der Waals surface area (Å²) in [4.78, 5) is 20.3. The van der Waals surface area contributed by atoms with E-state index in [-0.39, 0.29) is 18.5 Å². The molecule has 10 heteroatoms. The van der Waals surface area contributed by atoms with Crippen molar-refractivity contribution in [3.63, 3.8) is 0 Å². The summed E-state index contributed by atoms with van der Waals surface area (Å²) in [5.74, 6) is 0.987. The lowest BCUT2D eigenvalue weighted by Gasteiger charge is -2.20. The molecule has 9 nitrogen and oxygen atoms in total. The molecule has 1 amide bonds. The van der Waals surface area contributed by atoms with E-state index in [1.807, 2.05) is 19.0 Å². The number of amides is 1. The summed E-state index contributed by atoms with van der Waals surface area (Å²) in [6.07, 6.45) is 1.90. The molecule has 1 unspecified atom stereocenters. The van der Waals surface area contributed by atoms with Gasteiger partial charge in [0.2, 0.25) is 16.9 Å². The maximum absolute atomic E-state index is 12.1. The van der Waals surface area contributed by atoms with Gasteiger partial charge in [0.15, 0.2) is 0 Å². The van der Waals surface area contributed by atoms with Gasteiger partial charge in [0.05, 0.1) is 12.6 Å². The first-order valence-corrected chi connectivity index (χ1v) is 7.82. The lowest BCUT2D eigenvalue weighted by atomic mass is 10.2. The largest absolute Gasteiger partial charge is 0.344 e. The Morgan fingerprint density at radius 3 is 3.14 bits per heavy atom. The highest BCUT2D eigenvalue weighted by Crippen LogP contribution is 2.31. The third-order valence-corrected chi connectivity index (χ3v) is 4.04. The zero-order valence-corrected chi connectivity index (χ0v) is 13.2. The Labute approximate surface area is 131 Å². The van der Waals surface area contributed by atoms with Crippen LogP contribution < -0.4 is 10.2 Å². The third-order valence-electron chi connectivity index (χ3n) is 3.43. The van der Waals surface area contributed by atoms with E-state index in [0.717, 1.165) is 19.4 Å². The van der Waals surface area contributed by atoms with E-state index in [0.29, 0.717) is 17.0 Å². The van der Waals surface area contributed by atoms with Crippen LogP contribution in [0.1, 0.15) is 24.8 Å². The summed E-state index contributed by atoms with van der Waals surface area (Å²) in [5, 5.41) is 14.7. The fraction of sp³-hybridized carbons (Fsp3) is 0.583. The molecule has 0 aliphatic carbocycles. The second-order valence-corrected chi connectivity index (χ2v) is 6.08. The highest BCUT2D eigenvalue weighted by molar-refractivity contribution is 7.13. The molecule has 1 saturated heterocycles. The molecule has 3 heterocycles. The van der Waals surface area contributed by atoms with Gasteiger partial charge >= 0.3 is 0 Å². The Bertz CT molecular complexity index is 627. The zero-order valence-electron chi connectivity index (χ0n) is 12.4. The minimum atomic E-state index is -0.115. The van der Waals surface area contributed by atoms with Crippen molar-refractivity contribution in [1.82, 2.24) is 25.2 Å². The zero-order chi connectivity index (χ0) is 15.5. The molecule has 22 heavy (non-hydrogen) atoms. The molecule has 1 aliphatic rings. The highest BCUT2D eigenvalue weighted by atomic mass is 32.1. The molecule has 1 atom stereocenters. The monoisotopic (exact) mass is 323 g/mol. The van der Waals surface area contributed by atoms with E-state index in [1.54, 1.807) is 10.4 Å². The van der Waals surface area contributed by atoms with Crippen molar-refractivity contribution in [2.75, 3.05) is 37.4 Å². The summed E-state index contributed by atoms with van der Waals surface area (Å²) >= 11 is 1.29. The molecular weight excluding hydrogens is 306 g/mol. The summed E-state index contributed by atoms with van der Waals surface area (Å²) < 4.78 is 5.33. The minimum Gasteiger partial charge on any atom is -0.344 e. The van der Waals surface area contributed by atoms with Crippen molar-refractivity contribution in [1.29, 1.82) is 0 Å². The molecule has 0 aromatic carbocycles. The van der Waals surface area contributed by atoms with Gasteiger partial charge in [0.25, 0.3) is 5.95 Å². The number of nitrogens with zero attached hydrogens (tertiary/aromatic N) is 6. The molecule has 2 aromatic heterocycles. The average Bonchev–Trinajstić information content (AvgIpc) is 3.18.